The molecule has 0 spiro atoms. The van der Waals surface area contributed by atoms with Gasteiger partial charge in [0.1, 0.15) is 24.2 Å². The van der Waals surface area contributed by atoms with Crippen molar-refractivity contribution in [2.24, 2.45) is 0 Å². The Balaban J connectivity index is 1.95. The lowest BCUT2D eigenvalue weighted by Crippen LogP contribution is -2.10. The number of non-ortho nitro benzene ring substituents is 1. The monoisotopic (exact) mass is 303 g/mol. The lowest BCUT2D eigenvalue weighted by Gasteiger charge is -2.13. The van der Waals surface area contributed by atoms with Gasteiger partial charge in [0.25, 0.3) is 5.69 Å². The smallest absolute Gasteiger partial charge is 0.269 e. The van der Waals surface area contributed by atoms with E-state index in [4.69, 9.17) is 9.47 Å². The molecule has 116 valence electrons. The number of hydrogen-bond donors (Lipinski definition) is 1. The van der Waals surface area contributed by atoms with E-state index in [-0.39, 0.29) is 12.3 Å². The Bertz CT molecular complexity index is 627. The Morgan fingerprint density at radius 2 is 1.77 bits per heavy atom. The first-order valence-electron chi connectivity index (χ1n) is 6.88. The highest BCUT2D eigenvalue weighted by Gasteiger charge is 2.13. The van der Waals surface area contributed by atoms with Crippen LogP contribution in [0.4, 0.5) is 5.69 Å². The Labute approximate surface area is 128 Å². The van der Waals surface area contributed by atoms with Crippen LogP contribution in [-0.2, 0) is 0 Å². The molecular formula is C16H17NO5. The third-order valence-electron chi connectivity index (χ3n) is 3.01. The minimum absolute atomic E-state index is 0.00908. The first kappa shape index (κ1) is 15.8. The van der Waals surface area contributed by atoms with E-state index < -0.39 is 11.0 Å². The van der Waals surface area contributed by atoms with Gasteiger partial charge in [-0.25, -0.2) is 0 Å². The summed E-state index contributed by atoms with van der Waals surface area (Å²) >= 11 is 0. The number of hydrogen-bond acceptors (Lipinski definition) is 5. The lowest BCUT2D eigenvalue weighted by molar-refractivity contribution is -0.385. The summed E-state index contributed by atoms with van der Waals surface area (Å²) in [4.78, 5) is 10.2. The summed E-state index contributed by atoms with van der Waals surface area (Å²) in [5.41, 5.74) is 0.387. The average Bonchev–Trinajstić information content (AvgIpc) is 2.54. The van der Waals surface area contributed by atoms with Gasteiger partial charge < -0.3 is 14.6 Å². The summed E-state index contributed by atoms with van der Waals surface area (Å²) in [5, 5.41) is 20.8. The van der Waals surface area contributed by atoms with Crippen molar-refractivity contribution in [3.05, 3.63) is 64.2 Å². The first-order valence-corrected chi connectivity index (χ1v) is 6.88. The molecule has 1 atom stereocenters. The SMILES string of the molecule is CCOc1ccc(OCC(O)c2cccc([N+](=O)[O-])c2)cc1. The molecular weight excluding hydrogens is 286 g/mol. The van der Waals surface area contributed by atoms with Crippen molar-refractivity contribution in [3.8, 4) is 11.5 Å². The molecule has 0 aliphatic carbocycles. The first-order chi connectivity index (χ1) is 10.6. The fourth-order valence-corrected chi connectivity index (χ4v) is 1.92. The second kappa shape index (κ2) is 7.42. The highest BCUT2D eigenvalue weighted by atomic mass is 16.6. The number of aliphatic hydroxyl groups is 1. The number of nitro groups is 1. The minimum Gasteiger partial charge on any atom is -0.494 e. The zero-order valence-electron chi connectivity index (χ0n) is 12.1. The molecule has 0 aliphatic rings. The van der Waals surface area contributed by atoms with E-state index in [0.717, 1.165) is 5.75 Å². The number of nitrogens with zero attached hydrogens (tertiary/aromatic N) is 1. The molecule has 0 aliphatic heterocycles. The normalized spacial score (nSPS) is 11.7. The van der Waals surface area contributed by atoms with Gasteiger partial charge in [0.05, 0.1) is 11.5 Å². The molecule has 1 unspecified atom stereocenters. The minimum atomic E-state index is -0.938. The standard InChI is InChI=1S/C16H17NO5/c1-2-21-14-6-8-15(9-7-14)22-11-16(18)12-4-3-5-13(10-12)17(19)20/h3-10,16,18H,2,11H2,1H3. The maximum atomic E-state index is 10.7. The van der Waals surface area contributed by atoms with Crippen molar-refractivity contribution in [1.29, 1.82) is 0 Å². The van der Waals surface area contributed by atoms with Crippen molar-refractivity contribution in [2.45, 2.75) is 13.0 Å². The highest BCUT2D eigenvalue weighted by molar-refractivity contribution is 5.35. The van der Waals surface area contributed by atoms with E-state index in [2.05, 4.69) is 0 Å². The van der Waals surface area contributed by atoms with Gasteiger partial charge in [0.15, 0.2) is 0 Å². The Hall–Kier alpha value is -2.60. The van der Waals surface area contributed by atoms with E-state index >= 15 is 0 Å². The maximum absolute atomic E-state index is 10.7. The molecule has 0 radical (unpaired) electrons. The largest absolute Gasteiger partial charge is 0.494 e. The summed E-state index contributed by atoms with van der Waals surface area (Å²) < 4.78 is 10.8. The lowest BCUT2D eigenvalue weighted by atomic mass is 10.1. The zero-order chi connectivity index (χ0) is 15.9. The second-order valence-electron chi connectivity index (χ2n) is 4.58. The molecule has 0 bridgehead atoms. The molecule has 1 N–H and O–H groups in total. The van der Waals surface area contributed by atoms with Gasteiger partial charge in [-0.05, 0) is 36.8 Å². The van der Waals surface area contributed by atoms with Crippen LogP contribution in [0.25, 0.3) is 0 Å². The zero-order valence-corrected chi connectivity index (χ0v) is 12.1. The highest BCUT2D eigenvalue weighted by Crippen LogP contribution is 2.22. The van der Waals surface area contributed by atoms with Crippen LogP contribution in [0.5, 0.6) is 11.5 Å². The maximum Gasteiger partial charge on any atom is 0.269 e. The predicted octanol–water partition coefficient (Wildman–Crippen LogP) is 3.11. The molecule has 2 aromatic carbocycles. The summed E-state index contributed by atoms with van der Waals surface area (Å²) in [6.07, 6.45) is -0.938. The van der Waals surface area contributed by atoms with Gasteiger partial charge in [-0.3, -0.25) is 10.1 Å². The number of nitro benzene ring substituents is 1. The molecule has 2 rings (SSSR count). The van der Waals surface area contributed by atoms with Gasteiger partial charge in [-0.1, -0.05) is 12.1 Å². The number of aliphatic hydroxyl groups excluding tert-OH is 1. The number of benzene rings is 2. The third-order valence-corrected chi connectivity index (χ3v) is 3.01. The molecule has 0 amide bonds. The molecule has 22 heavy (non-hydrogen) atoms. The molecule has 0 saturated heterocycles. The fourth-order valence-electron chi connectivity index (χ4n) is 1.92. The van der Waals surface area contributed by atoms with Crippen LogP contribution in [0.3, 0.4) is 0 Å². The Morgan fingerprint density at radius 1 is 1.14 bits per heavy atom. The molecule has 0 aromatic heterocycles. The third kappa shape index (κ3) is 4.20. The molecule has 6 heteroatoms. The van der Waals surface area contributed by atoms with Crippen LogP contribution in [0.15, 0.2) is 48.5 Å². The van der Waals surface area contributed by atoms with E-state index in [1.165, 1.54) is 18.2 Å². The molecule has 0 saturated carbocycles. The summed E-state index contributed by atoms with van der Waals surface area (Å²) in [5.74, 6) is 1.34. The molecule has 0 heterocycles. The van der Waals surface area contributed by atoms with Crippen LogP contribution in [0, 0.1) is 10.1 Å². The van der Waals surface area contributed by atoms with E-state index in [1.54, 1.807) is 30.3 Å². The summed E-state index contributed by atoms with van der Waals surface area (Å²) in [7, 11) is 0. The van der Waals surface area contributed by atoms with Crippen LogP contribution >= 0.6 is 0 Å². The van der Waals surface area contributed by atoms with Crippen LogP contribution in [0.2, 0.25) is 0 Å². The molecule has 2 aromatic rings. The van der Waals surface area contributed by atoms with Gasteiger partial charge in [0.2, 0.25) is 0 Å². The van der Waals surface area contributed by atoms with Crippen LogP contribution in [0.1, 0.15) is 18.6 Å². The summed E-state index contributed by atoms with van der Waals surface area (Å²) in [6.45, 7) is 2.50. The Morgan fingerprint density at radius 3 is 2.36 bits per heavy atom. The van der Waals surface area contributed by atoms with Gasteiger partial charge >= 0.3 is 0 Å². The van der Waals surface area contributed by atoms with E-state index in [0.29, 0.717) is 17.9 Å². The van der Waals surface area contributed by atoms with Crippen molar-refractivity contribution in [3.63, 3.8) is 0 Å². The van der Waals surface area contributed by atoms with E-state index in [1.807, 2.05) is 6.92 Å². The van der Waals surface area contributed by atoms with Crippen molar-refractivity contribution >= 4 is 5.69 Å². The summed E-state index contributed by atoms with van der Waals surface area (Å²) in [6, 6.07) is 12.9. The Kier molecular flexibility index (Phi) is 5.32. The van der Waals surface area contributed by atoms with E-state index in [9.17, 15) is 15.2 Å². The van der Waals surface area contributed by atoms with Gasteiger partial charge in [0, 0.05) is 12.1 Å². The topological polar surface area (TPSA) is 81.8 Å². The average molecular weight is 303 g/mol. The van der Waals surface area contributed by atoms with Crippen molar-refractivity contribution in [2.75, 3.05) is 13.2 Å². The fraction of sp³-hybridized carbons (Fsp3) is 0.250. The van der Waals surface area contributed by atoms with Crippen molar-refractivity contribution < 1.29 is 19.5 Å². The number of rotatable bonds is 7. The van der Waals surface area contributed by atoms with Crippen molar-refractivity contribution in [1.82, 2.24) is 0 Å². The quantitative estimate of drug-likeness (QED) is 0.628. The second-order valence-corrected chi connectivity index (χ2v) is 4.58. The van der Waals surface area contributed by atoms with Gasteiger partial charge in [-0.2, -0.15) is 0 Å². The molecule has 0 fully saturated rings. The van der Waals surface area contributed by atoms with Crippen LogP contribution < -0.4 is 9.47 Å². The van der Waals surface area contributed by atoms with Gasteiger partial charge in [-0.15, -0.1) is 0 Å². The van der Waals surface area contributed by atoms with Crippen LogP contribution in [-0.4, -0.2) is 23.2 Å². The number of ether oxygens (including phenoxy) is 2. The molecule has 6 nitrogen and oxygen atoms in total. The predicted molar refractivity (Wildman–Crippen MR) is 81.2 cm³/mol.